The molecule has 2 aliphatic rings. The van der Waals surface area contributed by atoms with E-state index in [1.54, 1.807) is 14.1 Å². The largest absolute Gasteiger partial charge is 0.449 e. The molecule has 3 amide bonds. The minimum atomic E-state index is -1.41. The highest BCUT2D eigenvalue weighted by molar-refractivity contribution is 6.31. The number of halogens is 1. The molecule has 7 rings (SSSR count). The molecule has 5 aromatic carbocycles. The molecule has 0 aliphatic heterocycles. The molecule has 0 radical (unpaired) electrons. The summed E-state index contributed by atoms with van der Waals surface area (Å²) in [5, 5.41) is 3.33. The Kier molecular flexibility index (Phi) is 18.2. The Morgan fingerprint density at radius 3 is 1.77 bits per heavy atom. The minimum absolute atomic E-state index is 0.104. The number of rotatable bonds is 17. The van der Waals surface area contributed by atoms with E-state index in [1.165, 1.54) is 60.3 Å². The molecule has 0 spiro atoms. The number of alkyl carbamates (subject to hydrolysis) is 1. The maximum absolute atomic E-state index is 14.7. The summed E-state index contributed by atoms with van der Waals surface area (Å²) in [4.78, 5) is 60.4. The first-order chi connectivity index (χ1) is 34.3. The van der Waals surface area contributed by atoms with Gasteiger partial charge in [-0.05, 0) is 71.4 Å². The van der Waals surface area contributed by atoms with Crippen molar-refractivity contribution in [1.82, 2.24) is 15.1 Å². The fraction of sp³-hybridized carbons (Fsp3) is 0.443. The van der Waals surface area contributed by atoms with E-state index in [0.717, 1.165) is 46.2 Å². The number of carbonyl (C=O) groups is 4. The van der Waals surface area contributed by atoms with Gasteiger partial charge >= 0.3 is 12.1 Å². The molecule has 5 atom stereocenters. The fourth-order valence-corrected chi connectivity index (χ4v) is 11.2. The van der Waals surface area contributed by atoms with Crippen molar-refractivity contribution in [3.63, 3.8) is 0 Å². The number of ether oxygens (including phenoxy) is 2. The maximum atomic E-state index is 14.7. The van der Waals surface area contributed by atoms with Crippen LogP contribution in [0.5, 0.6) is 0 Å². The molecular formula is C61H74ClN3O6. The molecule has 1 N–H and O–H groups in total. The van der Waals surface area contributed by atoms with Crippen LogP contribution in [0.4, 0.5) is 4.79 Å². The SMILES string of the molecule is CC[C@H](C)[C@H](NC(=O)OCC1c2ccccc2-c2ccccc21)C(=O)N(C)[C@H](C(=O)N(C)[C@H](C)CC(=O)OC(c1ccccc1)(c1ccc(C2CCCCCCCCC2)cc1)c1ccccc1Cl)C(C)C. The smallest absolute Gasteiger partial charge is 0.407 e. The van der Waals surface area contributed by atoms with Gasteiger partial charge in [-0.2, -0.15) is 0 Å². The zero-order valence-corrected chi connectivity index (χ0v) is 43.6. The van der Waals surface area contributed by atoms with E-state index in [1.807, 2.05) is 113 Å². The van der Waals surface area contributed by atoms with Crippen molar-refractivity contribution in [3.05, 3.63) is 166 Å². The van der Waals surface area contributed by atoms with Crippen LogP contribution < -0.4 is 5.32 Å². The Hall–Kier alpha value is -5.93. The van der Waals surface area contributed by atoms with Gasteiger partial charge in [0.15, 0.2) is 5.60 Å². The van der Waals surface area contributed by atoms with Gasteiger partial charge in [0.05, 0.1) is 6.42 Å². The standard InChI is InChI=1S/C61H74ClN3O6/c1-8-42(4)56(63-60(69)70-40-52-50-31-21-19-29-48(50)49-30-20-22-32-51(49)52)58(67)65(7)57(41(2)3)59(68)64(6)43(5)39-55(66)71-61(46-27-17-14-18-28-46,53-33-23-24-34-54(53)62)47-37-35-45(36-38-47)44-25-15-12-10-9-11-13-16-26-44/h14,17-24,27-38,41-44,52,56-57H,8-13,15-16,25-26,39-40H2,1-7H3,(H,63,69)/t42-,43+,56-,57-,61?/m0/s1. The summed E-state index contributed by atoms with van der Waals surface area (Å²) in [5.41, 5.74) is 6.45. The summed E-state index contributed by atoms with van der Waals surface area (Å²) >= 11 is 7.07. The minimum Gasteiger partial charge on any atom is -0.449 e. The van der Waals surface area contributed by atoms with E-state index in [-0.39, 0.29) is 36.7 Å². The summed E-state index contributed by atoms with van der Waals surface area (Å²) in [6.45, 7) is 9.55. The van der Waals surface area contributed by atoms with E-state index < -0.39 is 41.7 Å². The van der Waals surface area contributed by atoms with Crippen molar-refractivity contribution in [3.8, 4) is 11.1 Å². The van der Waals surface area contributed by atoms with Crippen LogP contribution in [0, 0.1) is 11.8 Å². The monoisotopic (exact) mass is 980 g/mol. The molecule has 9 nitrogen and oxygen atoms in total. The third-order valence-electron chi connectivity index (χ3n) is 15.3. The van der Waals surface area contributed by atoms with E-state index >= 15 is 0 Å². The summed E-state index contributed by atoms with van der Waals surface area (Å²) in [6, 6.07) is 39.6. The lowest BCUT2D eigenvalue weighted by molar-refractivity contribution is -0.156. The lowest BCUT2D eigenvalue weighted by Crippen LogP contribution is -2.58. The number of nitrogens with one attached hydrogen (secondary N) is 1. The molecular weight excluding hydrogens is 906 g/mol. The lowest BCUT2D eigenvalue weighted by atomic mass is 9.78. The summed E-state index contributed by atoms with van der Waals surface area (Å²) in [5.74, 6) is -1.51. The Balaban J connectivity index is 1.07. The normalized spacial score (nSPS) is 16.8. The van der Waals surface area contributed by atoms with Gasteiger partial charge in [0.1, 0.15) is 18.7 Å². The van der Waals surface area contributed by atoms with Crippen LogP contribution in [0.25, 0.3) is 11.1 Å². The van der Waals surface area contributed by atoms with Crippen molar-refractivity contribution >= 4 is 35.5 Å². The Labute approximate surface area is 427 Å². The number of amides is 3. The molecule has 1 fully saturated rings. The first kappa shape index (κ1) is 52.9. The molecule has 1 unspecified atom stereocenters. The zero-order valence-electron chi connectivity index (χ0n) is 42.9. The average molecular weight is 981 g/mol. The highest BCUT2D eigenvalue weighted by Gasteiger charge is 2.44. The number of esters is 1. The highest BCUT2D eigenvalue weighted by atomic mass is 35.5. The molecule has 376 valence electrons. The van der Waals surface area contributed by atoms with Crippen LogP contribution in [0.1, 0.15) is 150 Å². The Morgan fingerprint density at radius 2 is 1.20 bits per heavy atom. The number of nitrogens with zero attached hydrogens (tertiary/aromatic N) is 2. The number of hydrogen-bond donors (Lipinski definition) is 1. The number of carbonyl (C=O) groups excluding carboxylic acids is 4. The summed E-state index contributed by atoms with van der Waals surface area (Å²) in [6.07, 6.45) is 11.0. The van der Waals surface area contributed by atoms with Crippen LogP contribution in [-0.4, -0.2) is 72.5 Å². The van der Waals surface area contributed by atoms with E-state index in [4.69, 9.17) is 21.1 Å². The topological polar surface area (TPSA) is 105 Å². The van der Waals surface area contributed by atoms with E-state index in [0.29, 0.717) is 22.9 Å². The van der Waals surface area contributed by atoms with Gasteiger partial charge in [-0.15, -0.1) is 0 Å². The van der Waals surface area contributed by atoms with Crippen LogP contribution in [-0.2, 0) is 29.5 Å². The number of fused-ring (bicyclic) bond motifs is 3. The second-order valence-electron chi connectivity index (χ2n) is 20.3. The lowest BCUT2D eigenvalue weighted by Gasteiger charge is -2.38. The quantitative estimate of drug-likeness (QED) is 0.0735. The third kappa shape index (κ3) is 12.1. The van der Waals surface area contributed by atoms with Crippen LogP contribution in [0.3, 0.4) is 0 Å². The number of benzene rings is 5. The van der Waals surface area contributed by atoms with Crippen molar-refractivity contribution in [1.29, 1.82) is 0 Å². The maximum Gasteiger partial charge on any atom is 0.407 e. The predicted molar refractivity (Wildman–Crippen MR) is 284 cm³/mol. The van der Waals surface area contributed by atoms with Gasteiger partial charge < -0.3 is 24.6 Å². The molecule has 0 bridgehead atoms. The molecule has 5 aromatic rings. The van der Waals surface area contributed by atoms with E-state index in [9.17, 15) is 19.2 Å². The molecule has 0 saturated heterocycles. The van der Waals surface area contributed by atoms with Gasteiger partial charge in [0.25, 0.3) is 0 Å². The molecule has 71 heavy (non-hydrogen) atoms. The van der Waals surface area contributed by atoms with Crippen molar-refractivity contribution in [2.45, 2.75) is 141 Å². The number of likely N-dealkylation sites (N-methyl/N-ethyl adjacent to an activating group) is 2. The Morgan fingerprint density at radius 1 is 0.662 bits per heavy atom. The predicted octanol–water partition coefficient (Wildman–Crippen LogP) is 13.5. The zero-order chi connectivity index (χ0) is 50.7. The van der Waals surface area contributed by atoms with Gasteiger partial charge in [-0.1, -0.05) is 212 Å². The third-order valence-corrected chi connectivity index (χ3v) is 15.6. The van der Waals surface area contributed by atoms with Gasteiger partial charge in [0, 0.05) is 47.8 Å². The average Bonchev–Trinajstić information content (AvgIpc) is 3.71. The van der Waals surface area contributed by atoms with Crippen LogP contribution in [0.2, 0.25) is 5.02 Å². The van der Waals surface area contributed by atoms with Gasteiger partial charge in [-0.25, -0.2) is 4.79 Å². The summed E-state index contributed by atoms with van der Waals surface area (Å²) < 4.78 is 12.7. The highest BCUT2D eigenvalue weighted by Crippen LogP contribution is 2.46. The van der Waals surface area contributed by atoms with Gasteiger partial charge in [-0.3, -0.25) is 14.4 Å². The Bertz CT molecular complexity index is 2530. The first-order valence-electron chi connectivity index (χ1n) is 26.0. The molecule has 1 saturated carbocycles. The van der Waals surface area contributed by atoms with Crippen LogP contribution in [0.15, 0.2) is 127 Å². The van der Waals surface area contributed by atoms with Crippen molar-refractivity contribution in [2.75, 3.05) is 20.7 Å². The second-order valence-corrected chi connectivity index (χ2v) is 20.8. The second kappa shape index (κ2) is 24.5. The first-order valence-corrected chi connectivity index (χ1v) is 26.4. The van der Waals surface area contributed by atoms with Crippen LogP contribution >= 0.6 is 11.6 Å². The molecule has 2 aliphatic carbocycles. The number of hydrogen-bond acceptors (Lipinski definition) is 6. The molecule has 0 heterocycles. The van der Waals surface area contributed by atoms with Gasteiger partial charge in [0.2, 0.25) is 11.8 Å². The fourth-order valence-electron chi connectivity index (χ4n) is 10.9. The van der Waals surface area contributed by atoms with Crippen molar-refractivity contribution < 1.29 is 28.7 Å². The van der Waals surface area contributed by atoms with Crippen molar-refractivity contribution in [2.24, 2.45) is 11.8 Å². The summed E-state index contributed by atoms with van der Waals surface area (Å²) in [7, 11) is 3.26. The molecule has 10 heteroatoms. The molecule has 0 aromatic heterocycles. The van der Waals surface area contributed by atoms with E-state index in [2.05, 4.69) is 53.8 Å².